The first-order valence-electron chi connectivity index (χ1n) is 5.24. The third kappa shape index (κ3) is 2.98. The number of hydrogen-bond acceptors (Lipinski definition) is 4. The number of hydrogen-bond donors (Lipinski definition) is 2. The van der Waals surface area contributed by atoms with E-state index in [1.54, 1.807) is 12.3 Å². The molecule has 0 radical (unpaired) electrons. The Hall–Kier alpha value is -2.08. The number of amides is 1. The maximum absolute atomic E-state index is 11.7. The number of carbonyl (C=O) groups is 1. The highest BCUT2D eigenvalue weighted by molar-refractivity contribution is 6.30. The van der Waals surface area contributed by atoms with Gasteiger partial charge in [0.2, 0.25) is 5.91 Å². The summed E-state index contributed by atoms with van der Waals surface area (Å²) >= 11 is 5.80. The molecule has 0 saturated heterocycles. The molecule has 2 aromatic heterocycles. The molecule has 0 aliphatic carbocycles. The molecule has 0 aliphatic rings. The topological polar surface area (TPSA) is 85.8 Å². The van der Waals surface area contributed by atoms with Crippen molar-refractivity contribution in [3.63, 3.8) is 0 Å². The Morgan fingerprint density at radius 3 is 2.94 bits per heavy atom. The summed E-state index contributed by atoms with van der Waals surface area (Å²) in [4.78, 5) is 15.7. The normalized spacial score (nSPS) is 10.3. The Bertz CT molecular complexity index is 581. The summed E-state index contributed by atoms with van der Waals surface area (Å²) in [6, 6.07) is 1.75. The number of anilines is 2. The zero-order valence-electron chi connectivity index (χ0n) is 9.72. The first kappa shape index (κ1) is 12.4. The SMILES string of the molecule is Cc1cc(NC(=O)Cn2cc(N)cn2)cnc1Cl. The van der Waals surface area contributed by atoms with E-state index < -0.39 is 0 Å². The van der Waals surface area contributed by atoms with Gasteiger partial charge in [0, 0.05) is 6.20 Å². The van der Waals surface area contributed by atoms with Crippen LogP contribution >= 0.6 is 11.6 Å². The number of carbonyl (C=O) groups excluding carboxylic acids is 1. The van der Waals surface area contributed by atoms with Crippen LogP contribution in [0.25, 0.3) is 0 Å². The van der Waals surface area contributed by atoms with Crippen LogP contribution in [0.1, 0.15) is 5.56 Å². The fourth-order valence-corrected chi connectivity index (χ4v) is 1.54. The van der Waals surface area contributed by atoms with Crippen molar-refractivity contribution in [3.8, 4) is 0 Å². The van der Waals surface area contributed by atoms with Crippen LogP contribution in [0, 0.1) is 6.92 Å². The summed E-state index contributed by atoms with van der Waals surface area (Å²) in [5.74, 6) is -0.207. The van der Waals surface area contributed by atoms with E-state index in [1.165, 1.54) is 17.1 Å². The summed E-state index contributed by atoms with van der Waals surface area (Å²) in [6.45, 7) is 1.91. The number of halogens is 1. The van der Waals surface area contributed by atoms with Crippen LogP contribution in [0.3, 0.4) is 0 Å². The highest BCUT2D eigenvalue weighted by atomic mass is 35.5. The number of aromatic nitrogens is 3. The van der Waals surface area contributed by atoms with Gasteiger partial charge >= 0.3 is 0 Å². The second-order valence-electron chi connectivity index (χ2n) is 3.85. The van der Waals surface area contributed by atoms with E-state index in [2.05, 4.69) is 15.4 Å². The van der Waals surface area contributed by atoms with Crippen molar-refractivity contribution in [3.05, 3.63) is 35.4 Å². The molecule has 2 aromatic rings. The third-order valence-electron chi connectivity index (χ3n) is 2.26. The maximum atomic E-state index is 11.7. The van der Waals surface area contributed by atoms with Gasteiger partial charge < -0.3 is 11.1 Å². The van der Waals surface area contributed by atoms with E-state index in [4.69, 9.17) is 17.3 Å². The van der Waals surface area contributed by atoms with Gasteiger partial charge in [0.05, 0.1) is 23.8 Å². The molecule has 0 fully saturated rings. The largest absolute Gasteiger partial charge is 0.396 e. The fraction of sp³-hybridized carbons (Fsp3) is 0.182. The minimum Gasteiger partial charge on any atom is -0.396 e. The smallest absolute Gasteiger partial charge is 0.246 e. The monoisotopic (exact) mass is 265 g/mol. The van der Waals surface area contributed by atoms with Gasteiger partial charge in [0.15, 0.2) is 0 Å². The average molecular weight is 266 g/mol. The van der Waals surface area contributed by atoms with Crippen LogP contribution in [-0.4, -0.2) is 20.7 Å². The number of rotatable bonds is 3. The van der Waals surface area contributed by atoms with Crippen molar-refractivity contribution in [1.82, 2.24) is 14.8 Å². The summed E-state index contributed by atoms with van der Waals surface area (Å²) < 4.78 is 1.46. The number of nitrogens with one attached hydrogen (secondary N) is 1. The number of nitrogen functional groups attached to an aromatic ring is 1. The van der Waals surface area contributed by atoms with E-state index >= 15 is 0 Å². The van der Waals surface area contributed by atoms with Crippen molar-refractivity contribution in [2.75, 3.05) is 11.1 Å². The molecule has 6 nitrogen and oxygen atoms in total. The van der Waals surface area contributed by atoms with Crippen LogP contribution in [-0.2, 0) is 11.3 Å². The number of nitrogens with zero attached hydrogens (tertiary/aromatic N) is 3. The minimum atomic E-state index is -0.207. The molecule has 0 aromatic carbocycles. The van der Waals surface area contributed by atoms with Crippen molar-refractivity contribution in [1.29, 1.82) is 0 Å². The number of aryl methyl sites for hydroxylation is 1. The number of pyridine rings is 1. The first-order valence-corrected chi connectivity index (χ1v) is 5.62. The third-order valence-corrected chi connectivity index (χ3v) is 2.65. The summed E-state index contributed by atoms with van der Waals surface area (Å²) in [6.07, 6.45) is 4.58. The van der Waals surface area contributed by atoms with Gasteiger partial charge in [-0.2, -0.15) is 5.10 Å². The molecule has 0 unspecified atom stereocenters. The quantitative estimate of drug-likeness (QED) is 0.823. The minimum absolute atomic E-state index is 0.0961. The highest BCUT2D eigenvalue weighted by Crippen LogP contribution is 2.15. The first-order chi connectivity index (χ1) is 8.54. The molecule has 0 saturated carbocycles. The lowest BCUT2D eigenvalue weighted by atomic mass is 10.3. The van der Waals surface area contributed by atoms with Gasteiger partial charge in [-0.15, -0.1) is 0 Å². The van der Waals surface area contributed by atoms with E-state index in [0.29, 0.717) is 16.5 Å². The van der Waals surface area contributed by atoms with E-state index in [9.17, 15) is 4.79 Å². The lowest BCUT2D eigenvalue weighted by Crippen LogP contribution is -2.19. The van der Waals surface area contributed by atoms with Crippen molar-refractivity contribution < 1.29 is 4.79 Å². The zero-order valence-corrected chi connectivity index (χ0v) is 10.5. The van der Waals surface area contributed by atoms with Gasteiger partial charge in [-0.1, -0.05) is 11.6 Å². The summed E-state index contributed by atoms with van der Waals surface area (Å²) in [7, 11) is 0. The predicted octanol–water partition coefficient (Wildman–Crippen LogP) is 1.46. The molecule has 3 N–H and O–H groups in total. The Kier molecular flexibility index (Phi) is 3.47. The molecule has 7 heteroatoms. The highest BCUT2D eigenvalue weighted by Gasteiger charge is 2.06. The molecular formula is C11H12ClN5O. The molecule has 0 bridgehead atoms. The maximum Gasteiger partial charge on any atom is 0.246 e. The Morgan fingerprint density at radius 2 is 2.33 bits per heavy atom. The van der Waals surface area contributed by atoms with Gasteiger partial charge in [0.25, 0.3) is 0 Å². The fourth-order valence-electron chi connectivity index (χ4n) is 1.44. The molecule has 2 rings (SSSR count). The lowest BCUT2D eigenvalue weighted by molar-refractivity contribution is -0.116. The lowest BCUT2D eigenvalue weighted by Gasteiger charge is -2.06. The van der Waals surface area contributed by atoms with Crippen LogP contribution in [0.4, 0.5) is 11.4 Å². The molecule has 1 amide bonds. The molecule has 2 heterocycles. The molecule has 0 aliphatic heterocycles. The Morgan fingerprint density at radius 1 is 1.56 bits per heavy atom. The van der Waals surface area contributed by atoms with Crippen molar-refractivity contribution in [2.45, 2.75) is 13.5 Å². The van der Waals surface area contributed by atoms with Crippen LogP contribution in [0.2, 0.25) is 5.15 Å². The molecule has 94 valence electrons. The molecule has 0 spiro atoms. The number of nitrogens with two attached hydrogens (primary N) is 1. The van der Waals surface area contributed by atoms with E-state index in [-0.39, 0.29) is 12.5 Å². The molecule has 18 heavy (non-hydrogen) atoms. The Balaban J connectivity index is 2.00. The van der Waals surface area contributed by atoms with Gasteiger partial charge in [-0.3, -0.25) is 9.48 Å². The van der Waals surface area contributed by atoms with Crippen LogP contribution in [0.5, 0.6) is 0 Å². The van der Waals surface area contributed by atoms with Crippen LogP contribution < -0.4 is 11.1 Å². The van der Waals surface area contributed by atoms with E-state index in [0.717, 1.165) is 5.56 Å². The van der Waals surface area contributed by atoms with E-state index in [1.807, 2.05) is 6.92 Å². The predicted molar refractivity (Wildman–Crippen MR) is 69.3 cm³/mol. The summed E-state index contributed by atoms with van der Waals surface area (Å²) in [5, 5.41) is 7.05. The zero-order chi connectivity index (χ0) is 13.1. The van der Waals surface area contributed by atoms with Gasteiger partial charge in [-0.25, -0.2) is 4.98 Å². The standard InChI is InChI=1S/C11H12ClN5O/c1-7-2-9(4-14-11(7)12)16-10(18)6-17-5-8(13)3-15-17/h2-5H,6,13H2,1H3,(H,16,18). The second kappa shape index (κ2) is 5.05. The molecular weight excluding hydrogens is 254 g/mol. The van der Waals surface area contributed by atoms with Crippen LogP contribution in [0.15, 0.2) is 24.7 Å². The van der Waals surface area contributed by atoms with Crippen molar-refractivity contribution >= 4 is 28.9 Å². The summed E-state index contributed by atoms with van der Waals surface area (Å²) in [5.41, 5.74) is 7.43. The second-order valence-corrected chi connectivity index (χ2v) is 4.21. The molecule has 0 atom stereocenters. The van der Waals surface area contributed by atoms with Gasteiger partial charge in [-0.05, 0) is 18.6 Å². The van der Waals surface area contributed by atoms with Gasteiger partial charge in [0.1, 0.15) is 11.7 Å². The average Bonchev–Trinajstić information content (AvgIpc) is 2.69. The Labute approximate surface area is 109 Å². The van der Waals surface area contributed by atoms with Crippen molar-refractivity contribution in [2.24, 2.45) is 0 Å².